The summed E-state index contributed by atoms with van der Waals surface area (Å²) in [4.78, 5) is 25.5. The van der Waals surface area contributed by atoms with E-state index in [-0.39, 0.29) is 18.5 Å². The Kier molecular flexibility index (Phi) is 6.03. The normalized spacial score (nSPS) is 10.2. The Morgan fingerprint density at radius 1 is 1.30 bits per heavy atom. The zero-order valence-corrected chi connectivity index (χ0v) is 12.4. The van der Waals surface area contributed by atoms with E-state index in [1.54, 1.807) is 38.3 Å². The minimum Gasteiger partial charge on any atom is -0.497 e. The van der Waals surface area contributed by atoms with Gasteiger partial charge in [0.1, 0.15) is 12.3 Å². The topological polar surface area (TPSA) is 55.8 Å². The Bertz CT molecular complexity index is 471. The first-order valence-corrected chi connectivity index (χ1v) is 6.60. The lowest BCUT2D eigenvalue weighted by Gasteiger charge is -2.25. The van der Waals surface area contributed by atoms with Gasteiger partial charge in [-0.05, 0) is 39.0 Å². The zero-order valence-electron chi connectivity index (χ0n) is 12.4. The van der Waals surface area contributed by atoms with E-state index in [2.05, 4.69) is 0 Å². The molecule has 0 aliphatic carbocycles. The van der Waals surface area contributed by atoms with Crippen LogP contribution in [0.3, 0.4) is 0 Å². The van der Waals surface area contributed by atoms with Crippen LogP contribution in [0, 0.1) is 0 Å². The fourth-order valence-electron chi connectivity index (χ4n) is 1.76. The molecule has 1 amide bonds. The Hall–Kier alpha value is -2.04. The van der Waals surface area contributed by atoms with Crippen LogP contribution in [0.4, 0.5) is 0 Å². The molecule has 1 aromatic carbocycles. The lowest BCUT2D eigenvalue weighted by atomic mass is 10.1. The van der Waals surface area contributed by atoms with Crippen LogP contribution in [0.5, 0.6) is 5.75 Å². The standard InChI is InChI=1S/C15H21NO4/c1-5-20-14(17)10-16(11(2)3)15(18)12-7-6-8-13(9-12)19-4/h6-9,11H,5,10H2,1-4H3. The van der Waals surface area contributed by atoms with Gasteiger partial charge in [-0.1, -0.05) is 6.07 Å². The molecular formula is C15H21NO4. The number of hydrogen-bond donors (Lipinski definition) is 0. The van der Waals surface area contributed by atoms with Crippen molar-refractivity contribution < 1.29 is 19.1 Å². The van der Waals surface area contributed by atoms with Crippen molar-refractivity contribution in [3.05, 3.63) is 29.8 Å². The number of carbonyl (C=O) groups excluding carboxylic acids is 2. The van der Waals surface area contributed by atoms with E-state index in [4.69, 9.17) is 9.47 Å². The van der Waals surface area contributed by atoms with Crippen molar-refractivity contribution in [3.63, 3.8) is 0 Å². The number of rotatable bonds is 6. The van der Waals surface area contributed by atoms with Crippen LogP contribution in [0.2, 0.25) is 0 Å². The van der Waals surface area contributed by atoms with Crippen LogP contribution >= 0.6 is 0 Å². The Balaban J connectivity index is 2.90. The van der Waals surface area contributed by atoms with E-state index >= 15 is 0 Å². The van der Waals surface area contributed by atoms with Crippen molar-refractivity contribution in [2.75, 3.05) is 20.3 Å². The van der Waals surface area contributed by atoms with E-state index in [1.165, 1.54) is 4.90 Å². The molecule has 0 radical (unpaired) electrons. The number of esters is 1. The van der Waals surface area contributed by atoms with Gasteiger partial charge in [0.05, 0.1) is 13.7 Å². The molecule has 0 fully saturated rings. The second-order valence-corrected chi connectivity index (χ2v) is 4.56. The van der Waals surface area contributed by atoms with Gasteiger partial charge in [0, 0.05) is 11.6 Å². The molecule has 110 valence electrons. The lowest BCUT2D eigenvalue weighted by Crippen LogP contribution is -2.41. The number of nitrogens with zero attached hydrogens (tertiary/aromatic N) is 1. The first-order chi connectivity index (χ1) is 9.49. The van der Waals surface area contributed by atoms with Crippen LogP contribution in [-0.2, 0) is 9.53 Å². The summed E-state index contributed by atoms with van der Waals surface area (Å²) in [5, 5.41) is 0. The zero-order chi connectivity index (χ0) is 15.1. The summed E-state index contributed by atoms with van der Waals surface area (Å²) in [6.07, 6.45) is 0. The number of benzene rings is 1. The Morgan fingerprint density at radius 2 is 2.00 bits per heavy atom. The summed E-state index contributed by atoms with van der Waals surface area (Å²) in [5.41, 5.74) is 0.488. The summed E-state index contributed by atoms with van der Waals surface area (Å²) in [6, 6.07) is 6.77. The third-order valence-electron chi connectivity index (χ3n) is 2.81. The summed E-state index contributed by atoms with van der Waals surface area (Å²) in [6.45, 7) is 5.70. The largest absolute Gasteiger partial charge is 0.497 e. The highest BCUT2D eigenvalue weighted by Crippen LogP contribution is 2.15. The fraction of sp³-hybridized carbons (Fsp3) is 0.467. The van der Waals surface area contributed by atoms with Crippen LogP contribution < -0.4 is 4.74 Å². The van der Waals surface area contributed by atoms with Crippen molar-refractivity contribution in [2.45, 2.75) is 26.8 Å². The summed E-state index contributed by atoms with van der Waals surface area (Å²) < 4.78 is 10.00. The smallest absolute Gasteiger partial charge is 0.325 e. The number of ether oxygens (including phenoxy) is 2. The quantitative estimate of drug-likeness (QED) is 0.748. The van der Waals surface area contributed by atoms with E-state index in [0.29, 0.717) is 17.9 Å². The summed E-state index contributed by atoms with van der Waals surface area (Å²) in [7, 11) is 1.54. The molecular weight excluding hydrogens is 258 g/mol. The highest BCUT2D eigenvalue weighted by Gasteiger charge is 2.22. The summed E-state index contributed by atoms with van der Waals surface area (Å²) >= 11 is 0. The molecule has 0 aliphatic rings. The summed E-state index contributed by atoms with van der Waals surface area (Å²) in [5.74, 6) is -0.0138. The van der Waals surface area contributed by atoms with Gasteiger partial charge in [-0.3, -0.25) is 9.59 Å². The van der Waals surface area contributed by atoms with E-state index in [9.17, 15) is 9.59 Å². The van der Waals surface area contributed by atoms with Crippen LogP contribution in [-0.4, -0.2) is 43.1 Å². The maximum Gasteiger partial charge on any atom is 0.325 e. The van der Waals surface area contributed by atoms with Gasteiger partial charge in [-0.2, -0.15) is 0 Å². The molecule has 0 bridgehead atoms. The van der Waals surface area contributed by atoms with E-state index < -0.39 is 5.97 Å². The molecule has 0 saturated carbocycles. The molecule has 5 heteroatoms. The van der Waals surface area contributed by atoms with Crippen LogP contribution in [0.15, 0.2) is 24.3 Å². The molecule has 1 rings (SSSR count). The van der Waals surface area contributed by atoms with Crippen LogP contribution in [0.1, 0.15) is 31.1 Å². The number of methoxy groups -OCH3 is 1. The van der Waals surface area contributed by atoms with Gasteiger partial charge in [-0.25, -0.2) is 0 Å². The second-order valence-electron chi connectivity index (χ2n) is 4.56. The minimum absolute atomic E-state index is 0.0540. The molecule has 0 N–H and O–H groups in total. The molecule has 0 spiro atoms. The predicted octanol–water partition coefficient (Wildman–Crippen LogP) is 2.11. The van der Waals surface area contributed by atoms with Gasteiger partial charge in [0.2, 0.25) is 0 Å². The number of hydrogen-bond acceptors (Lipinski definition) is 4. The van der Waals surface area contributed by atoms with E-state index in [0.717, 1.165) is 0 Å². The number of amides is 1. The van der Waals surface area contributed by atoms with Gasteiger partial charge in [-0.15, -0.1) is 0 Å². The molecule has 0 aromatic heterocycles. The average Bonchev–Trinajstić information content (AvgIpc) is 2.44. The van der Waals surface area contributed by atoms with Gasteiger partial charge < -0.3 is 14.4 Å². The minimum atomic E-state index is -0.405. The maximum atomic E-state index is 12.5. The molecule has 0 saturated heterocycles. The highest BCUT2D eigenvalue weighted by molar-refractivity contribution is 5.96. The lowest BCUT2D eigenvalue weighted by molar-refractivity contribution is -0.144. The number of carbonyl (C=O) groups is 2. The maximum absolute atomic E-state index is 12.5. The van der Waals surface area contributed by atoms with Crippen molar-refractivity contribution in [2.24, 2.45) is 0 Å². The molecule has 20 heavy (non-hydrogen) atoms. The fourth-order valence-corrected chi connectivity index (χ4v) is 1.76. The molecule has 0 unspecified atom stereocenters. The van der Waals surface area contributed by atoms with E-state index in [1.807, 2.05) is 13.8 Å². The van der Waals surface area contributed by atoms with Crippen molar-refractivity contribution >= 4 is 11.9 Å². The van der Waals surface area contributed by atoms with Gasteiger partial charge in [0.25, 0.3) is 5.91 Å². The van der Waals surface area contributed by atoms with Crippen LogP contribution in [0.25, 0.3) is 0 Å². The average molecular weight is 279 g/mol. The first-order valence-electron chi connectivity index (χ1n) is 6.60. The Labute approximate surface area is 119 Å². The Morgan fingerprint density at radius 3 is 2.55 bits per heavy atom. The molecule has 0 heterocycles. The van der Waals surface area contributed by atoms with Gasteiger partial charge >= 0.3 is 5.97 Å². The SMILES string of the molecule is CCOC(=O)CN(C(=O)c1cccc(OC)c1)C(C)C. The van der Waals surface area contributed by atoms with Gasteiger partial charge in [0.15, 0.2) is 0 Å². The molecule has 1 aromatic rings. The third kappa shape index (κ3) is 4.26. The monoisotopic (exact) mass is 279 g/mol. The van der Waals surface area contributed by atoms with Crippen molar-refractivity contribution in [1.29, 1.82) is 0 Å². The van der Waals surface area contributed by atoms with Crippen molar-refractivity contribution in [3.8, 4) is 5.75 Å². The molecule has 5 nitrogen and oxygen atoms in total. The second kappa shape index (κ2) is 7.53. The van der Waals surface area contributed by atoms with Crippen molar-refractivity contribution in [1.82, 2.24) is 4.90 Å². The highest BCUT2D eigenvalue weighted by atomic mass is 16.5. The molecule has 0 aliphatic heterocycles. The first kappa shape index (κ1) is 16.0. The molecule has 0 atom stereocenters. The third-order valence-corrected chi connectivity index (χ3v) is 2.81. The predicted molar refractivity (Wildman–Crippen MR) is 75.8 cm³/mol.